The van der Waals surface area contributed by atoms with E-state index >= 15 is 0 Å². The molecular weight excluding hydrogens is 496 g/mol. The Morgan fingerprint density at radius 3 is 2.19 bits per heavy atom. The van der Waals surface area contributed by atoms with Gasteiger partial charge in [0.2, 0.25) is 21.0 Å². The van der Waals surface area contributed by atoms with Crippen molar-refractivity contribution >= 4 is 36.7 Å². The molecule has 0 aliphatic rings. The first-order valence-electron chi connectivity index (χ1n) is 9.60. The molecule has 164 valence electrons. The summed E-state index contributed by atoms with van der Waals surface area (Å²) in [7, 11) is -2.50. The van der Waals surface area contributed by atoms with Gasteiger partial charge in [-0.2, -0.15) is 0 Å². The summed E-state index contributed by atoms with van der Waals surface area (Å²) in [6.45, 7) is 3.33. The molecule has 1 N–H and O–H groups in total. The lowest BCUT2D eigenvalue weighted by Crippen LogP contribution is -2.11. The van der Waals surface area contributed by atoms with Gasteiger partial charge in [0.1, 0.15) is 10.6 Å². The summed E-state index contributed by atoms with van der Waals surface area (Å²) in [6.07, 6.45) is 0. The zero-order valence-corrected chi connectivity index (χ0v) is 19.9. The van der Waals surface area contributed by atoms with Crippen molar-refractivity contribution in [2.24, 2.45) is 0 Å². The van der Waals surface area contributed by atoms with E-state index in [1.54, 1.807) is 56.3 Å². The molecule has 0 saturated carbocycles. The number of fused-ring (bicyclic) bond motifs is 1. The van der Waals surface area contributed by atoms with Gasteiger partial charge in [-0.1, -0.05) is 22.0 Å². The standard InChI is InChI=1S/C24H19BrO6S/c1-13-12-14(2)24(32(28,29)18-10-6-16(25)7-11-18)23-19(13)20(26)21(27)22(31-23)15-4-8-17(30-3)9-5-15/h4-12,27H,1-3H3. The predicted octanol–water partition coefficient (Wildman–Crippen LogP) is 5.39. The average Bonchev–Trinajstić information content (AvgIpc) is 2.76. The summed E-state index contributed by atoms with van der Waals surface area (Å²) in [5, 5.41) is 10.6. The maximum absolute atomic E-state index is 13.6. The molecule has 0 radical (unpaired) electrons. The summed E-state index contributed by atoms with van der Waals surface area (Å²) in [4.78, 5) is 13.1. The SMILES string of the molecule is COc1ccc(-c2oc3c(S(=O)(=O)c4ccc(Br)cc4)c(C)cc(C)c3c(=O)c2O)cc1. The van der Waals surface area contributed by atoms with Gasteiger partial charge in [0.05, 0.1) is 17.4 Å². The third-order valence-electron chi connectivity index (χ3n) is 5.23. The Morgan fingerprint density at radius 2 is 1.59 bits per heavy atom. The molecule has 0 saturated heterocycles. The highest BCUT2D eigenvalue weighted by molar-refractivity contribution is 9.10. The van der Waals surface area contributed by atoms with Gasteiger partial charge in [-0.15, -0.1) is 0 Å². The van der Waals surface area contributed by atoms with Crippen LogP contribution in [0.25, 0.3) is 22.3 Å². The summed E-state index contributed by atoms with van der Waals surface area (Å²) in [5.74, 6) is -0.106. The van der Waals surface area contributed by atoms with Crippen molar-refractivity contribution in [3.8, 4) is 22.8 Å². The molecule has 0 atom stereocenters. The number of rotatable bonds is 4. The topological polar surface area (TPSA) is 93.8 Å². The van der Waals surface area contributed by atoms with Crippen molar-refractivity contribution in [2.75, 3.05) is 7.11 Å². The Morgan fingerprint density at radius 1 is 0.969 bits per heavy atom. The number of methoxy groups -OCH3 is 1. The van der Waals surface area contributed by atoms with Crippen molar-refractivity contribution in [2.45, 2.75) is 23.6 Å². The summed E-state index contributed by atoms with van der Waals surface area (Å²) >= 11 is 3.30. The zero-order valence-electron chi connectivity index (χ0n) is 17.5. The van der Waals surface area contributed by atoms with Gasteiger partial charge in [0, 0.05) is 10.0 Å². The quantitative estimate of drug-likeness (QED) is 0.392. The fourth-order valence-corrected chi connectivity index (χ4v) is 5.55. The molecule has 3 aromatic carbocycles. The van der Waals surface area contributed by atoms with Crippen LogP contribution in [-0.4, -0.2) is 20.6 Å². The molecule has 6 nitrogen and oxygen atoms in total. The van der Waals surface area contributed by atoms with Gasteiger partial charge in [0.25, 0.3) is 0 Å². The minimum atomic E-state index is -4.02. The van der Waals surface area contributed by atoms with E-state index in [2.05, 4.69) is 15.9 Å². The van der Waals surface area contributed by atoms with E-state index in [1.807, 2.05) is 0 Å². The normalized spacial score (nSPS) is 11.6. The lowest BCUT2D eigenvalue weighted by atomic mass is 10.0. The second-order valence-electron chi connectivity index (χ2n) is 7.34. The van der Waals surface area contributed by atoms with Crippen LogP contribution in [0.1, 0.15) is 11.1 Å². The van der Waals surface area contributed by atoms with E-state index in [0.717, 1.165) is 4.47 Å². The monoisotopic (exact) mass is 514 g/mol. The number of hydrogen-bond donors (Lipinski definition) is 1. The molecule has 0 bridgehead atoms. The summed E-state index contributed by atoms with van der Waals surface area (Å²) in [6, 6.07) is 14.4. The summed E-state index contributed by atoms with van der Waals surface area (Å²) in [5.41, 5.74) is 0.583. The van der Waals surface area contributed by atoms with Gasteiger partial charge in [0.15, 0.2) is 11.3 Å². The van der Waals surface area contributed by atoms with E-state index in [1.165, 1.54) is 19.2 Å². The fraction of sp³-hybridized carbons (Fsp3) is 0.125. The maximum Gasteiger partial charge on any atom is 0.235 e. The zero-order chi connectivity index (χ0) is 23.2. The average molecular weight is 515 g/mol. The highest BCUT2D eigenvalue weighted by Crippen LogP contribution is 2.37. The molecule has 4 aromatic rings. The van der Waals surface area contributed by atoms with Crippen molar-refractivity contribution in [3.05, 3.63) is 80.4 Å². The first-order valence-corrected chi connectivity index (χ1v) is 11.9. The molecular formula is C24H19BrO6S. The Hall–Kier alpha value is -3.10. The predicted molar refractivity (Wildman–Crippen MR) is 125 cm³/mol. The van der Waals surface area contributed by atoms with E-state index in [9.17, 15) is 18.3 Å². The van der Waals surface area contributed by atoms with Crippen LogP contribution < -0.4 is 10.2 Å². The van der Waals surface area contributed by atoms with E-state index in [0.29, 0.717) is 22.4 Å². The Kier molecular flexibility index (Phi) is 5.60. The lowest BCUT2D eigenvalue weighted by molar-refractivity contribution is 0.414. The van der Waals surface area contributed by atoms with Crippen molar-refractivity contribution in [3.63, 3.8) is 0 Å². The Labute approximate surface area is 193 Å². The van der Waals surface area contributed by atoms with Crippen LogP contribution in [0, 0.1) is 13.8 Å². The number of aryl methyl sites for hydroxylation is 2. The molecule has 0 aliphatic carbocycles. The fourth-order valence-electron chi connectivity index (χ4n) is 3.69. The summed E-state index contributed by atoms with van der Waals surface area (Å²) < 4.78 is 39.0. The maximum atomic E-state index is 13.6. The number of sulfone groups is 1. The van der Waals surface area contributed by atoms with Crippen molar-refractivity contribution in [1.29, 1.82) is 0 Å². The molecule has 0 fully saturated rings. The number of hydrogen-bond acceptors (Lipinski definition) is 6. The van der Waals surface area contributed by atoms with Crippen LogP contribution in [0.15, 0.2) is 78.1 Å². The molecule has 4 rings (SSSR count). The highest BCUT2D eigenvalue weighted by Gasteiger charge is 2.28. The van der Waals surface area contributed by atoms with Gasteiger partial charge in [-0.3, -0.25) is 4.79 Å². The van der Waals surface area contributed by atoms with Crippen LogP contribution in [0.5, 0.6) is 11.5 Å². The highest BCUT2D eigenvalue weighted by atomic mass is 79.9. The largest absolute Gasteiger partial charge is 0.502 e. The van der Waals surface area contributed by atoms with Crippen molar-refractivity contribution < 1.29 is 22.7 Å². The minimum absolute atomic E-state index is 0.0287. The second kappa shape index (κ2) is 8.11. The van der Waals surface area contributed by atoms with Crippen molar-refractivity contribution in [1.82, 2.24) is 0 Å². The smallest absolute Gasteiger partial charge is 0.235 e. The van der Waals surface area contributed by atoms with Gasteiger partial charge >= 0.3 is 0 Å². The van der Waals surface area contributed by atoms with Crippen LogP contribution in [-0.2, 0) is 9.84 Å². The van der Waals surface area contributed by atoms with Gasteiger partial charge < -0.3 is 14.3 Å². The van der Waals surface area contributed by atoms with Gasteiger partial charge in [-0.25, -0.2) is 8.42 Å². The lowest BCUT2D eigenvalue weighted by Gasteiger charge is -2.14. The second-order valence-corrected chi connectivity index (χ2v) is 10.1. The van der Waals surface area contributed by atoms with Gasteiger partial charge in [-0.05, 0) is 73.5 Å². The molecule has 0 amide bonds. The molecule has 0 unspecified atom stereocenters. The Balaban J connectivity index is 2.09. The molecule has 1 aromatic heterocycles. The number of aromatic hydroxyl groups is 1. The first kappa shape index (κ1) is 22.1. The van der Waals surface area contributed by atoms with E-state index < -0.39 is 21.0 Å². The minimum Gasteiger partial charge on any atom is -0.502 e. The molecule has 0 aliphatic heterocycles. The van der Waals surface area contributed by atoms with Crippen LogP contribution in [0.2, 0.25) is 0 Å². The first-order chi connectivity index (χ1) is 15.1. The Bertz CT molecular complexity index is 1500. The van der Waals surface area contributed by atoms with Crippen LogP contribution in [0.4, 0.5) is 0 Å². The molecule has 8 heteroatoms. The van der Waals surface area contributed by atoms with E-state index in [4.69, 9.17) is 9.15 Å². The van der Waals surface area contributed by atoms with Crippen LogP contribution in [0.3, 0.4) is 0 Å². The van der Waals surface area contributed by atoms with Crippen LogP contribution >= 0.6 is 15.9 Å². The number of benzene rings is 3. The number of ether oxygens (including phenoxy) is 1. The molecule has 0 spiro atoms. The molecule has 32 heavy (non-hydrogen) atoms. The molecule has 1 heterocycles. The third kappa shape index (κ3) is 3.59. The van der Waals surface area contributed by atoms with E-state index in [-0.39, 0.29) is 26.5 Å². The third-order valence-corrected chi connectivity index (χ3v) is 7.69. The number of halogens is 1.